The monoisotopic (exact) mass is 302 g/mol. The molecule has 0 aromatic heterocycles. The average molecular weight is 303 g/mol. The number of amides is 1. The normalized spacial score (nSPS) is 13.8. The van der Waals surface area contributed by atoms with E-state index < -0.39 is 0 Å². The summed E-state index contributed by atoms with van der Waals surface area (Å²) in [6.07, 6.45) is 2.60. The first-order chi connectivity index (χ1) is 8.66. The van der Waals surface area contributed by atoms with E-state index in [9.17, 15) is 4.79 Å². The summed E-state index contributed by atoms with van der Waals surface area (Å²) in [6.45, 7) is 1.94. The quantitative estimate of drug-likeness (QED) is 0.876. The Balaban J connectivity index is 0.00000180. The fraction of sp³-hybridized carbons (Fsp3) is 0.500. The van der Waals surface area contributed by atoms with Crippen LogP contribution in [0.25, 0.3) is 0 Å². The molecule has 3 nitrogen and oxygen atoms in total. The number of carbonyl (C=O) groups excluding carboxylic acids is 1. The molecular weight excluding hydrogens is 283 g/mol. The van der Waals surface area contributed by atoms with E-state index in [1.807, 2.05) is 31.3 Å². The summed E-state index contributed by atoms with van der Waals surface area (Å²) in [4.78, 5) is 13.6. The van der Waals surface area contributed by atoms with Crippen molar-refractivity contribution in [3.05, 3.63) is 34.9 Å². The molecule has 1 aliphatic carbocycles. The average Bonchev–Trinajstić information content (AvgIpc) is 3.16. The maximum atomic E-state index is 11.9. The van der Waals surface area contributed by atoms with Crippen molar-refractivity contribution in [1.82, 2.24) is 10.2 Å². The van der Waals surface area contributed by atoms with Crippen LogP contribution in [0.2, 0.25) is 5.02 Å². The number of rotatable bonds is 6. The second kappa shape index (κ2) is 7.73. The van der Waals surface area contributed by atoms with Gasteiger partial charge >= 0.3 is 0 Å². The second-order valence-corrected chi connectivity index (χ2v) is 5.32. The topological polar surface area (TPSA) is 32.3 Å². The van der Waals surface area contributed by atoms with Crippen LogP contribution in [0.3, 0.4) is 0 Å². The van der Waals surface area contributed by atoms with Crippen LogP contribution in [-0.2, 0) is 11.3 Å². The molecule has 0 heterocycles. The predicted octanol–water partition coefficient (Wildman–Crippen LogP) is 2.72. The lowest BCUT2D eigenvalue weighted by Gasteiger charge is -2.18. The van der Waals surface area contributed by atoms with Gasteiger partial charge in [0.1, 0.15) is 0 Å². The van der Waals surface area contributed by atoms with Gasteiger partial charge < -0.3 is 10.2 Å². The number of likely N-dealkylation sites (N-methyl/N-ethyl adjacent to an activating group) is 1. The van der Waals surface area contributed by atoms with E-state index in [-0.39, 0.29) is 18.3 Å². The number of hydrogen-bond donors (Lipinski definition) is 1. The van der Waals surface area contributed by atoms with Gasteiger partial charge in [-0.15, -0.1) is 12.4 Å². The predicted molar refractivity (Wildman–Crippen MR) is 80.8 cm³/mol. The highest BCUT2D eigenvalue weighted by Crippen LogP contribution is 2.27. The highest BCUT2D eigenvalue weighted by atomic mass is 35.5. The molecule has 0 unspecified atom stereocenters. The minimum Gasteiger partial charge on any atom is -0.340 e. The SMILES string of the molecule is CN(Cc1ccccc1Cl)C(=O)CNCC1CC1.Cl. The van der Waals surface area contributed by atoms with Crippen LogP contribution in [0.5, 0.6) is 0 Å². The highest BCUT2D eigenvalue weighted by molar-refractivity contribution is 6.31. The van der Waals surface area contributed by atoms with Crippen LogP contribution in [-0.4, -0.2) is 30.9 Å². The van der Waals surface area contributed by atoms with Gasteiger partial charge in [0.25, 0.3) is 0 Å². The summed E-state index contributed by atoms with van der Waals surface area (Å²) in [5, 5.41) is 3.92. The Morgan fingerprint density at radius 1 is 1.42 bits per heavy atom. The molecule has 0 spiro atoms. The van der Waals surface area contributed by atoms with Crippen LogP contribution in [0.15, 0.2) is 24.3 Å². The molecule has 5 heteroatoms. The molecule has 1 aromatic carbocycles. The van der Waals surface area contributed by atoms with Gasteiger partial charge in [-0.1, -0.05) is 29.8 Å². The summed E-state index contributed by atoms with van der Waals surface area (Å²) >= 11 is 6.07. The molecule has 0 aliphatic heterocycles. The number of nitrogens with one attached hydrogen (secondary N) is 1. The van der Waals surface area contributed by atoms with E-state index in [2.05, 4.69) is 5.32 Å². The van der Waals surface area contributed by atoms with Crippen LogP contribution in [0.1, 0.15) is 18.4 Å². The van der Waals surface area contributed by atoms with E-state index in [4.69, 9.17) is 11.6 Å². The molecular formula is C14H20Cl2N2O. The maximum absolute atomic E-state index is 11.9. The minimum absolute atomic E-state index is 0. The molecule has 1 N–H and O–H groups in total. The summed E-state index contributed by atoms with van der Waals surface area (Å²) in [7, 11) is 1.81. The van der Waals surface area contributed by atoms with E-state index >= 15 is 0 Å². The van der Waals surface area contributed by atoms with Crippen molar-refractivity contribution in [2.24, 2.45) is 5.92 Å². The number of hydrogen-bond acceptors (Lipinski definition) is 2. The smallest absolute Gasteiger partial charge is 0.236 e. The van der Waals surface area contributed by atoms with Gasteiger partial charge in [-0.3, -0.25) is 4.79 Å². The summed E-state index contributed by atoms with van der Waals surface area (Å²) < 4.78 is 0. The fourth-order valence-electron chi connectivity index (χ4n) is 1.81. The molecule has 0 bridgehead atoms. The van der Waals surface area contributed by atoms with Gasteiger partial charge in [0.2, 0.25) is 5.91 Å². The van der Waals surface area contributed by atoms with Gasteiger partial charge in [0, 0.05) is 18.6 Å². The molecule has 106 valence electrons. The first-order valence-electron chi connectivity index (χ1n) is 6.35. The Bertz CT molecular complexity index is 422. The minimum atomic E-state index is 0. The number of benzene rings is 1. The lowest BCUT2D eigenvalue weighted by molar-refractivity contribution is -0.129. The van der Waals surface area contributed by atoms with Crippen molar-refractivity contribution in [2.45, 2.75) is 19.4 Å². The molecule has 1 saturated carbocycles. The van der Waals surface area contributed by atoms with E-state index in [0.717, 1.165) is 18.0 Å². The third kappa shape index (κ3) is 5.39. The number of carbonyl (C=O) groups is 1. The van der Waals surface area contributed by atoms with Crippen molar-refractivity contribution < 1.29 is 4.79 Å². The van der Waals surface area contributed by atoms with Crippen molar-refractivity contribution in [2.75, 3.05) is 20.1 Å². The lowest BCUT2D eigenvalue weighted by atomic mass is 10.2. The van der Waals surface area contributed by atoms with Gasteiger partial charge in [0.15, 0.2) is 0 Å². The number of nitrogens with zero attached hydrogens (tertiary/aromatic N) is 1. The van der Waals surface area contributed by atoms with Gasteiger partial charge in [-0.25, -0.2) is 0 Å². The summed E-state index contributed by atoms with van der Waals surface area (Å²) in [5.41, 5.74) is 0.984. The van der Waals surface area contributed by atoms with Gasteiger partial charge in [0.05, 0.1) is 6.54 Å². The Labute approximate surface area is 125 Å². The van der Waals surface area contributed by atoms with E-state index in [1.54, 1.807) is 4.90 Å². The molecule has 0 saturated heterocycles. The third-order valence-corrected chi connectivity index (χ3v) is 3.57. The Kier molecular flexibility index (Phi) is 6.63. The molecule has 19 heavy (non-hydrogen) atoms. The third-order valence-electron chi connectivity index (χ3n) is 3.20. The highest BCUT2D eigenvalue weighted by Gasteiger charge is 2.21. The summed E-state index contributed by atoms with van der Waals surface area (Å²) in [5.74, 6) is 0.905. The molecule has 1 amide bonds. The maximum Gasteiger partial charge on any atom is 0.236 e. The van der Waals surface area contributed by atoms with Crippen molar-refractivity contribution in [3.8, 4) is 0 Å². The van der Waals surface area contributed by atoms with E-state index in [0.29, 0.717) is 18.1 Å². The summed E-state index contributed by atoms with van der Waals surface area (Å²) in [6, 6.07) is 7.63. The Morgan fingerprint density at radius 3 is 2.74 bits per heavy atom. The van der Waals surface area contributed by atoms with Gasteiger partial charge in [-0.05, 0) is 36.9 Å². The second-order valence-electron chi connectivity index (χ2n) is 4.92. The zero-order chi connectivity index (χ0) is 13.0. The molecule has 2 rings (SSSR count). The fourth-order valence-corrected chi connectivity index (χ4v) is 2.01. The Hall–Kier alpha value is -0.770. The first kappa shape index (κ1) is 16.3. The zero-order valence-corrected chi connectivity index (χ0v) is 12.6. The van der Waals surface area contributed by atoms with Crippen molar-refractivity contribution in [3.63, 3.8) is 0 Å². The van der Waals surface area contributed by atoms with E-state index in [1.165, 1.54) is 12.8 Å². The number of halogens is 2. The first-order valence-corrected chi connectivity index (χ1v) is 6.72. The molecule has 0 radical (unpaired) electrons. The van der Waals surface area contributed by atoms with Crippen molar-refractivity contribution in [1.29, 1.82) is 0 Å². The molecule has 1 aromatic rings. The van der Waals surface area contributed by atoms with Crippen molar-refractivity contribution >= 4 is 29.9 Å². The standard InChI is InChI=1S/C14H19ClN2O.ClH/c1-17(10-12-4-2-3-5-13(12)15)14(18)9-16-8-11-6-7-11;/h2-5,11,16H,6-10H2,1H3;1H. The van der Waals surface area contributed by atoms with Crippen LogP contribution in [0, 0.1) is 5.92 Å². The van der Waals surface area contributed by atoms with Crippen LogP contribution >= 0.6 is 24.0 Å². The largest absolute Gasteiger partial charge is 0.340 e. The Morgan fingerprint density at radius 2 is 2.11 bits per heavy atom. The van der Waals surface area contributed by atoms with Crippen LogP contribution < -0.4 is 5.32 Å². The lowest BCUT2D eigenvalue weighted by Crippen LogP contribution is -2.35. The molecule has 0 atom stereocenters. The zero-order valence-electron chi connectivity index (χ0n) is 11.1. The van der Waals surface area contributed by atoms with Crippen LogP contribution in [0.4, 0.5) is 0 Å². The van der Waals surface area contributed by atoms with Gasteiger partial charge in [-0.2, -0.15) is 0 Å². The molecule has 1 fully saturated rings. The molecule has 1 aliphatic rings.